The number of hydrogen-bond acceptors (Lipinski definition) is 10. The van der Waals surface area contributed by atoms with Gasteiger partial charge >= 0.3 is 17.6 Å². The van der Waals surface area contributed by atoms with Crippen LogP contribution in [-0.2, 0) is 6.54 Å². The number of nitro benzene ring substituents is 1. The minimum absolute atomic E-state index is 0.0294. The van der Waals surface area contributed by atoms with Crippen LogP contribution in [0.1, 0.15) is 32.6 Å². The first kappa shape index (κ1) is 22.0. The van der Waals surface area contributed by atoms with E-state index in [1.807, 2.05) is 0 Å². The maximum atomic E-state index is 12.1. The predicted octanol–water partition coefficient (Wildman–Crippen LogP) is 0.599. The molecule has 3 aromatic rings. The van der Waals surface area contributed by atoms with E-state index in [0.29, 0.717) is 5.69 Å². The lowest BCUT2D eigenvalue weighted by molar-refractivity contribution is -0.389. The molecule has 0 saturated carbocycles. The normalized spacial score (nSPS) is 10.5. The van der Waals surface area contributed by atoms with Gasteiger partial charge < -0.3 is 25.3 Å². The molecule has 0 radical (unpaired) electrons. The van der Waals surface area contributed by atoms with Gasteiger partial charge in [0, 0.05) is 30.8 Å². The summed E-state index contributed by atoms with van der Waals surface area (Å²) < 4.78 is 6.18. The molecule has 0 spiro atoms. The average Bonchev–Trinajstić information content (AvgIpc) is 3.38. The highest BCUT2D eigenvalue weighted by atomic mass is 16.6. The van der Waals surface area contributed by atoms with Crippen molar-refractivity contribution >= 4 is 23.3 Å². The van der Waals surface area contributed by atoms with Gasteiger partial charge in [0.05, 0.1) is 21.8 Å². The Morgan fingerprint density at radius 2 is 1.81 bits per heavy atom. The highest BCUT2D eigenvalue weighted by Crippen LogP contribution is 2.13. The van der Waals surface area contributed by atoms with Crippen molar-refractivity contribution in [1.82, 2.24) is 30.6 Å². The number of nitrogens with one attached hydrogen (secondary N) is 2. The molecule has 15 nitrogen and oxygen atoms in total. The molecule has 166 valence electrons. The van der Waals surface area contributed by atoms with Gasteiger partial charge in [0.15, 0.2) is 5.82 Å². The summed E-state index contributed by atoms with van der Waals surface area (Å²) in [6.07, 6.45) is 0. The molecule has 0 bridgehead atoms. The molecule has 0 aliphatic heterocycles. The van der Waals surface area contributed by atoms with Crippen molar-refractivity contribution in [3.8, 4) is 0 Å². The van der Waals surface area contributed by atoms with Crippen LogP contribution in [0, 0.1) is 27.2 Å². The van der Waals surface area contributed by atoms with Crippen LogP contribution in [0.2, 0.25) is 0 Å². The second kappa shape index (κ2) is 9.41. The number of carbonyl (C=O) groups excluding carboxylic acids is 2. The van der Waals surface area contributed by atoms with Crippen LogP contribution in [0.5, 0.6) is 0 Å². The Hall–Kier alpha value is -4.69. The van der Waals surface area contributed by atoms with Crippen molar-refractivity contribution in [2.75, 3.05) is 13.1 Å². The molecule has 0 fully saturated rings. The smallest absolute Gasteiger partial charge is 0.358 e. The number of benzene rings is 1. The summed E-state index contributed by atoms with van der Waals surface area (Å²) in [7, 11) is 0. The van der Waals surface area contributed by atoms with E-state index < -0.39 is 21.7 Å². The van der Waals surface area contributed by atoms with Gasteiger partial charge in [-0.3, -0.25) is 19.7 Å². The molecular weight excluding hydrogens is 428 g/mol. The lowest BCUT2D eigenvalue weighted by Gasteiger charge is -2.05. The van der Waals surface area contributed by atoms with Crippen molar-refractivity contribution in [3.63, 3.8) is 0 Å². The Balaban J connectivity index is 1.48. The molecule has 32 heavy (non-hydrogen) atoms. The van der Waals surface area contributed by atoms with Crippen molar-refractivity contribution in [2.24, 2.45) is 0 Å². The summed E-state index contributed by atoms with van der Waals surface area (Å²) in [5.74, 6) is -1.78. The van der Waals surface area contributed by atoms with Crippen molar-refractivity contribution in [2.45, 2.75) is 13.5 Å². The third-order valence-corrected chi connectivity index (χ3v) is 4.12. The Morgan fingerprint density at radius 3 is 2.47 bits per heavy atom. The number of nitrogens with zero attached hydrogens (tertiary/aromatic N) is 6. The number of carbonyl (C=O) groups is 2. The molecule has 2 heterocycles. The van der Waals surface area contributed by atoms with Crippen molar-refractivity contribution in [1.29, 1.82) is 0 Å². The molecule has 0 aliphatic carbocycles. The summed E-state index contributed by atoms with van der Waals surface area (Å²) in [6.45, 7) is 1.66. The van der Waals surface area contributed by atoms with Gasteiger partial charge in [-0.2, -0.15) is 9.67 Å². The molecule has 0 aliphatic rings. The first-order valence-electron chi connectivity index (χ1n) is 9.07. The quantitative estimate of drug-likeness (QED) is 0.267. The Morgan fingerprint density at radius 1 is 1.09 bits per heavy atom. The van der Waals surface area contributed by atoms with Gasteiger partial charge in [-0.25, -0.2) is 0 Å². The Bertz CT molecular complexity index is 1190. The van der Waals surface area contributed by atoms with Crippen molar-refractivity contribution in [3.05, 3.63) is 73.5 Å². The van der Waals surface area contributed by atoms with Crippen LogP contribution in [0.3, 0.4) is 0 Å². The van der Waals surface area contributed by atoms with E-state index in [2.05, 4.69) is 25.9 Å². The second-order valence-electron chi connectivity index (χ2n) is 6.39. The lowest BCUT2D eigenvalue weighted by atomic mass is 10.2. The molecule has 2 amide bonds. The van der Waals surface area contributed by atoms with Crippen LogP contribution in [0.4, 0.5) is 11.5 Å². The van der Waals surface area contributed by atoms with Gasteiger partial charge in [-0.05, 0) is 17.9 Å². The van der Waals surface area contributed by atoms with Gasteiger partial charge in [-0.15, -0.1) is 0 Å². The molecule has 0 unspecified atom stereocenters. The van der Waals surface area contributed by atoms with Crippen LogP contribution < -0.4 is 10.6 Å². The maximum Gasteiger partial charge on any atom is 0.390 e. The zero-order valence-electron chi connectivity index (χ0n) is 16.5. The fourth-order valence-electron chi connectivity index (χ4n) is 2.58. The van der Waals surface area contributed by atoms with Gasteiger partial charge in [-0.1, -0.05) is 11.2 Å². The van der Waals surface area contributed by atoms with Crippen molar-refractivity contribution < 1.29 is 24.0 Å². The molecule has 15 heteroatoms. The van der Waals surface area contributed by atoms with Crippen LogP contribution in [0.15, 0.2) is 34.9 Å². The fourth-order valence-corrected chi connectivity index (χ4v) is 2.58. The standard InChI is InChI=1S/C17H16N8O7/c1-10-7-14(25(30)31)21-23(10)9-13-20-17(32-22-13)16(27)19-6-5-18-15(26)11-3-2-4-12(8-11)24(28)29/h2-4,7-8H,5-6,9H2,1H3,(H,18,26)(H,19,27). The Labute approximate surface area is 178 Å². The van der Waals surface area contributed by atoms with E-state index in [-0.39, 0.29) is 48.4 Å². The molecular formula is C17H16N8O7. The molecule has 2 aromatic heterocycles. The van der Waals surface area contributed by atoms with E-state index in [4.69, 9.17) is 4.52 Å². The Kier molecular flexibility index (Phi) is 6.47. The monoisotopic (exact) mass is 444 g/mol. The summed E-state index contributed by atoms with van der Waals surface area (Å²) >= 11 is 0. The summed E-state index contributed by atoms with van der Waals surface area (Å²) in [5, 5.41) is 34.0. The van der Waals surface area contributed by atoms with E-state index in [1.165, 1.54) is 28.9 Å². The van der Waals surface area contributed by atoms with Crippen LogP contribution >= 0.6 is 0 Å². The third-order valence-electron chi connectivity index (χ3n) is 4.12. The number of aryl methyl sites for hydroxylation is 1. The largest absolute Gasteiger partial charge is 0.390 e. The first-order valence-corrected chi connectivity index (χ1v) is 9.07. The van der Waals surface area contributed by atoms with Crippen LogP contribution in [-0.4, -0.2) is 54.7 Å². The number of hydrogen-bond donors (Lipinski definition) is 2. The highest BCUT2D eigenvalue weighted by Gasteiger charge is 2.20. The molecule has 3 rings (SSSR count). The molecule has 2 N–H and O–H groups in total. The van der Waals surface area contributed by atoms with Gasteiger partial charge in [0.25, 0.3) is 11.6 Å². The summed E-state index contributed by atoms with van der Waals surface area (Å²) in [4.78, 5) is 48.4. The predicted molar refractivity (Wildman–Crippen MR) is 105 cm³/mol. The molecule has 0 atom stereocenters. The number of rotatable bonds is 9. The SMILES string of the molecule is Cc1cc([N+](=O)[O-])nn1Cc1noc(C(=O)NCCNC(=O)c2cccc([N+](=O)[O-])c2)n1. The van der Waals surface area contributed by atoms with Gasteiger partial charge in [0.2, 0.25) is 0 Å². The molecule has 1 aromatic carbocycles. The minimum atomic E-state index is -0.684. The first-order chi connectivity index (χ1) is 15.2. The second-order valence-corrected chi connectivity index (χ2v) is 6.39. The topological polar surface area (TPSA) is 201 Å². The number of aromatic nitrogens is 4. The third kappa shape index (κ3) is 5.26. The van der Waals surface area contributed by atoms with E-state index >= 15 is 0 Å². The minimum Gasteiger partial charge on any atom is -0.358 e. The van der Waals surface area contributed by atoms with Crippen LogP contribution in [0.25, 0.3) is 0 Å². The van der Waals surface area contributed by atoms with E-state index in [1.54, 1.807) is 6.92 Å². The molecule has 0 saturated heterocycles. The van der Waals surface area contributed by atoms with Gasteiger partial charge in [0.1, 0.15) is 6.54 Å². The summed E-state index contributed by atoms with van der Waals surface area (Å²) in [6, 6.07) is 6.52. The fraction of sp³-hybridized carbons (Fsp3) is 0.235. The zero-order valence-corrected chi connectivity index (χ0v) is 16.5. The van der Waals surface area contributed by atoms with E-state index in [0.717, 1.165) is 6.07 Å². The number of non-ortho nitro benzene ring substituents is 1. The lowest BCUT2D eigenvalue weighted by Crippen LogP contribution is -2.34. The summed E-state index contributed by atoms with van der Waals surface area (Å²) in [5.41, 5.74) is 0.409. The number of nitro groups is 2. The van der Waals surface area contributed by atoms with E-state index in [9.17, 15) is 29.8 Å². The average molecular weight is 444 g/mol. The zero-order chi connectivity index (χ0) is 23.3. The number of amides is 2. The highest BCUT2D eigenvalue weighted by molar-refractivity contribution is 5.94. The maximum absolute atomic E-state index is 12.1.